The Morgan fingerprint density at radius 3 is 2.69 bits per heavy atom. The molecule has 0 saturated heterocycles. The van der Waals surface area contributed by atoms with E-state index in [2.05, 4.69) is 5.32 Å². The van der Waals surface area contributed by atoms with E-state index in [1.165, 1.54) is 4.90 Å². The second-order valence-corrected chi connectivity index (χ2v) is 6.16. The summed E-state index contributed by atoms with van der Waals surface area (Å²) in [5.74, 6) is 0.899. The van der Waals surface area contributed by atoms with E-state index in [1.807, 2.05) is 43.3 Å². The van der Waals surface area contributed by atoms with Crippen molar-refractivity contribution in [1.82, 2.24) is 5.32 Å². The van der Waals surface area contributed by atoms with E-state index < -0.39 is 6.10 Å². The molecule has 1 N–H and O–H groups in total. The van der Waals surface area contributed by atoms with Crippen LogP contribution < -0.4 is 19.7 Å². The number of nitrogens with one attached hydrogen (secondary N) is 1. The smallest absolute Gasteiger partial charge is 0.268 e. The molecule has 136 valence electrons. The summed E-state index contributed by atoms with van der Waals surface area (Å²) in [5, 5.41) is 2.78. The number of aryl methyl sites for hydroxylation is 1. The number of hydrogen-bond acceptors (Lipinski definition) is 4. The Kier molecular flexibility index (Phi) is 5.41. The molecule has 6 heteroatoms. The number of anilines is 1. The zero-order valence-corrected chi connectivity index (χ0v) is 14.9. The van der Waals surface area contributed by atoms with E-state index >= 15 is 0 Å². The lowest BCUT2D eigenvalue weighted by Crippen LogP contribution is -2.49. The van der Waals surface area contributed by atoms with Crippen LogP contribution in [0.1, 0.15) is 12.5 Å². The first-order valence-electron chi connectivity index (χ1n) is 8.58. The second kappa shape index (κ2) is 7.91. The summed E-state index contributed by atoms with van der Waals surface area (Å²) in [5.41, 5.74) is 1.77. The van der Waals surface area contributed by atoms with Crippen LogP contribution in [0.15, 0.2) is 48.5 Å². The van der Waals surface area contributed by atoms with Gasteiger partial charge in [-0.2, -0.15) is 0 Å². The van der Waals surface area contributed by atoms with Crippen molar-refractivity contribution in [1.29, 1.82) is 0 Å². The normalized spacial score (nSPS) is 15.8. The lowest BCUT2D eigenvalue weighted by atomic mass is 10.2. The molecule has 1 heterocycles. The summed E-state index contributed by atoms with van der Waals surface area (Å²) in [4.78, 5) is 26.0. The third-order valence-electron chi connectivity index (χ3n) is 4.09. The first kappa shape index (κ1) is 17.8. The summed E-state index contributed by atoms with van der Waals surface area (Å²) in [6.07, 6.45) is -0.609. The molecule has 2 amide bonds. The van der Waals surface area contributed by atoms with Gasteiger partial charge in [-0.05, 0) is 38.1 Å². The highest BCUT2D eigenvalue weighted by molar-refractivity contribution is 6.03. The van der Waals surface area contributed by atoms with Crippen LogP contribution in [0.3, 0.4) is 0 Å². The van der Waals surface area contributed by atoms with Crippen LogP contribution in [0.4, 0.5) is 5.69 Å². The van der Waals surface area contributed by atoms with Crippen LogP contribution in [0, 0.1) is 6.92 Å². The number of carbonyl (C=O) groups is 2. The Hall–Kier alpha value is -3.02. The Bertz CT molecular complexity index is 789. The predicted molar refractivity (Wildman–Crippen MR) is 98.6 cm³/mol. The molecule has 0 fully saturated rings. The molecule has 26 heavy (non-hydrogen) atoms. The Balaban J connectivity index is 1.51. The fourth-order valence-corrected chi connectivity index (χ4v) is 2.72. The molecule has 2 aromatic rings. The predicted octanol–water partition coefficient (Wildman–Crippen LogP) is 2.30. The third-order valence-corrected chi connectivity index (χ3v) is 4.09. The van der Waals surface area contributed by atoms with E-state index in [9.17, 15) is 9.59 Å². The van der Waals surface area contributed by atoms with E-state index in [4.69, 9.17) is 9.47 Å². The van der Waals surface area contributed by atoms with Gasteiger partial charge in [0.2, 0.25) is 5.91 Å². The number of carbonyl (C=O) groups excluding carboxylic acids is 2. The monoisotopic (exact) mass is 354 g/mol. The van der Waals surface area contributed by atoms with E-state index in [1.54, 1.807) is 19.1 Å². The molecule has 0 saturated carbocycles. The molecular weight excluding hydrogens is 332 g/mol. The van der Waals surface area contributed by atoms with Crippen molar-refractivity contribution in [3.8, 4) is 11.5 Å². The number of para-hydroxylation sites is 2. The van der Waals surface area contributed by atoms with Gasteiger partial charge in [0.25, 0.3) is 5.91 Å². The van der Waals surface area contributed by atoms with Gasteiger partial charge in [-0.25, -0.2) is 0 Å². The minimum absolute atomic E-state index is 0.0475. The van der Waals surface area contributed by atoms with Crippen molar-refractivity contribution in [3.05, 3.63) is 54.1 Å². The minimum Gasteiger partial charge on any atom is -0.492 e. The second-order valence-electron chi connectivity index (χ2n) is 6.16. The van der Waals surface area contributed by atoms with Crippen LogP contribution >= 0.6 is 0 Å². The van der Waals surface area contributed by atoms with Crippen LogP contribution in [-0.2, 0) is 9.59 Å². The molecule has 2 aromatic carbocycles. The van der Waals surface area contributed by atoms with Gasteiger partial charge in [0.05, 0.1) is 12.2 Å². The summed E-state index contributed by atoms with van der Waals surface area (Å²) in [7, 11) is 0. The Labute approximate surface area is 152 Å². The number of hydrogen-bond donors (Lipinski definition) is 1. The van der Waals surface area contributed by atoms with Gasteiger partial charge in [0, 0.05) is 0 Å². The van der Waals surface area contributed by atoms with Crippen molar-refractivity contribution >= 4 is 17.5 Å². The van der Waals surface area contributed by atoms with Crippen molar-refractivity contribution in [3.63, 3.8) is 0 Å². The van der Waals surface area contributed by atoms with Crippen LogP contribution in [0.2, 0.25) is 0 Å². The quantitative estimate of drug-likeness (QED) is 0.809. The van der Waals surface area contributed by atoms with Crippen molar-refractivity contribution < 1.29 is 19.1 Å². The molecule has 0 radical (unpaired) electrons. The number of ether oxygens (including phenoxy) is 2. The number of amides is 2. The van der Waals surface area contributed by atoms with Gasteiger partial charge in [-0.1, -0.05) is 29.8 Å². The topological polar surface area (TPSA) is 67.9 Å². The van der Waals surface area contributed by atoms with Crippen molar-refractivity contribution in [2.45, 2.75) is 20.0 Å². The number of fused-ring (bicyclic) bond motifs is 1. The summed E-state index contributed by atoms with van der Waals surface area (Å²) < 4.78 is 11.1. The molecule has 1 aliphatic heterocycles. The van der Waals surface area contributed by atoms with Crippen molar-refractivity contribution in [2.75, 3.05) is 24.6 Å². The summed E-state index contributed by atoms with van der Waals surface area (Å²) in [6, 6.07) is 14.9. The van der Waals surface area contributed by atoms with E-state index in [-0.39, 0.29) is 18.4 Å². The summed E-state index contributed by atoms with van der Waals surface area (Å²) >= 11 is 0. The lowest BCUT2D eigenvalue weighted by molar-refractivity contribution is -0.128. The first-order chi connectivity index (χ1) is 12.5. The molecule has 0 aromatic heterocycles. The molecule has 6 nitrogen and oxygen atoms in total. The first-order valence-corrected chi connectivity index (χ1v) is 8.58. The molecule has 1 atom stereocenters. The maximum absolute atomic E-state index is 12.4. The maximum Gasteiger partial charge on any atom is 0.268 e. The number of rotatable bonds is 6. The maximum atomic E-state index is 12.4. The fourth-order valence-electron chi connectivity index (χ4n) is 2.72. The van der Waals surface area contributed by atoms with Gasteiger partial charge < -0.3 is 14.8 Å². The molecule has 3 rings (SSSR count). The van der Waals surface area contributed by atoms with E-state index in [0.717, 1.165) is 11.3 Å². The van der Waals surface area contributed by atoms with Gasteiger partial charge in [0.1, 0.15) is 24.7 Å². The molecular formula is C20H22N2O4. The van der Waals surface area contributed by atoms with Crippen LogP contribution in [-0.4, -0.2) is 37.6 Å². The number of benzene rings is 2. The highest BCUT2D eigenvalue weighted by Crippen LogP contribution is 2.33. The molecule has 1 aliphatic rings. The lowest BCUT2D eigenvalue weighted by Gasteiger charge is -2.32. The zero-order valence-electron chi connectivity index (χ0n) is 14.9. The Morgan fingerprint density at radius 2 is 1.92 bits per heavy atom. The molecule has 0 aliphatic carbocycles. The molecule has 0 bridgehead atoms. The van der Waals surface area contributed by atoms with Crippen molar-refractivity contribution in [2.24, 2.45) is 0 Å². The molecule has 0 spiro atoms. The largest absolute Gasteiger partial charge is 0.492 e. The van der Waals surface area contributed by atoms with Crippen LogP contribution in [0.25, 0.3) is 0 Å². The van der Waals surface area contributed by atoms with E-state index in [0.29, 0.717) is 24.6 Å². The highest BCUT2D eigenvalue weighted by atomic mass is 16.5. The number of nitrogens with zero attached hydrogens (tertiary/aromatic N) is 1. The van der Waals surface area contributed by atoms with Gasteiger partial charge in [-0.3, -0.25) is 14.5 Å². The SMILES string of the molecule is Cc1ccc(OCCNC(=O)CN2C(=O)[C@@H](C)Oc3ccccc32)cc1. The standard InChI is InChI=1S/C20H22N2O4/c1-14-7-9-16(10-8-14)25-12-11-21-19(23)13-22-17-5-3-4-6-18(17)26-15(2)20(22)24/h3-10,15H,11-13H2,1-2H3,(H,21,23)/t15-/m1/s1. The highest BCUT2D eigenvalue weighted by Gasteiger charge is 2.32. The van der Waals surface area contributed by atoms with Gasteiger partial charge in [-0.15, -0.1) is 0 Å². The minimum atomic E-state index is -0.609. The zero-order chi connectivity index (χ0) is 18.5. The Morgan fingerprint density at radius 1 is 1.19 bits per heavy atom. The summed E-state index contributed by atoms with van der Waals surface area (Å²) in [6.45, 7) is 4.36. The average molecular weight is 354 g/mol. The van der Waals surface area contributed by atoms with Gasteiger partial charge in [0.15, 0.2) is 6.10 Å². The third kappa shape index (κ3) is 4.14. The fraction of sp³-hybridized carbons (Fsp3) is 0.300. The van der Waals surface area contributed by atoms with Gasteiger partial charge >= 0.3 is 0 Å². The average Bonchev–Trinajstić information content (AvgIpc) is 2.64. The van der Waals surface area contributed by atoms with Crippen LogP contribution in [0.5, 0.6) is 11.5 Å². The molecule has 0 unspecified atom stereocenters.